The molecule has 4 heteroatoms. The number of anilines is 1. The van der Waals surface area contributed by atoms with Crippen molar-refractivity contribution in [2.75, 3.05) is 5.32 Å². The van der Waals surface area contributed by atoms with Crippen LogP contribution in [0, 0.1) is 0 Å². The zero-order chi connectivity index (χ0) is 13.0. The summed E-state index contributed by atoms with van der Waals surface area (Å²) in [6, 6.07) is 11.6. The first-order valence-corrected chi connectivity index (χ1v) is 6.23. The van der Waals surface area contributed by atoms with Crippen LogP contribution in [0.3, 0.4) is 0 Å². The molecule has 18 heavy (non-hydrogen) atoms. The number of hydrogen-bond donors (Lipinski definition) is 2. The molecule has 1 atom stereocenters. The molecule has 1 aromatic carbocycles. The van der Waals surface area contributed by atoms with Crippen molar-refractivity contribution in [1.82, 2.24) is 4.98 Å². The molecule has 0 radical (unpaired) electrons. The van der Waals surface area contributed by atoms with Crippen molar-refractivity contribution >= 4 is 17.3 Å². The lowest BCUT2D eigenvalue weighted by Crippen LogP contribution is -2.11. The van der Waals surface area contributed by atoms with E-state index in [9.17, 15) is 0 Å². The molecule has 2 aromatic rings. The third kappa shape index (κ3) is 3.22. The van der Waals surface area contributed by atoms with E-state index in [0.717, 1.165) is 22.9 Å². The molecule has 1 unspecified atom stereocenters. The van der Waals surface area contributed by atoms with Gasteiger partial charge in [0.25, 0.3) is 0 Å². The summed E-state index contributed by atoms with van der Waals surface area (Å²) in [6.45, 7) is 2.65. The molecule has 0 saturated heterocycles. The van der Waals surface area contributed by atoms with Gasteiger partial charge in [-0.05, 0) is 36.8 Å². The Balaban J connectivity index is 2.08. The maximum atomic E-state index is 5.88. The molecule has 0 aliphatic carbocycles. The molecule has 2 rings (SSSR count). The van der Waals surface area contributed by atoms with E-state index in [2.05, 4.69) is 10.3 Å². The number of aromatic nitrogens is 1. The predicted octanol–water partition coefficient (Wildman–Crippen LogP) is 3.37. The zero-order valence-corrected chi connectivity index (χ0v) is 11.0. The Hall–Kier alpha value is -1.58. The molecule has 0 aliphatic heterocycles. The number of hydrogen-bond acceptors (Lipinski definition) is 3. The zero-order valence-electron chi connectivity index (χ0n) is 10.2. The summed E-state index contributed by atoms with van der Waals surface area (Å²) >= 11 is 5.85. The number of nitrogens with zero attached hydrogens (tertiary/aromatic N) is 1. The van der Waals surface area contributed by atoms with E-state index < -0.39 is 0 Å². The van der Waals surface area contributed by atoms with Crippen LogP contribution in [0.5, 0.6) is 0 Å². The van der Waals surface area contributed by atoms with Gasteiger partial charge in [0.2, 0.25) is 0 Å². The van der Waals surface area contributed by atoms with Gasteiger partial charge in [0.05, 0.1) is 11.4 Å². The number of nitrogens with one attached hydrogen (secondary N) is 1. The quantitative estimate of drug-likeness (QED) is 0.887. The fraction of sp³-hybridized carbons (Fsp3) is 0.214. The van der Waals surface area contributed by atoms with Crippen molar-refractivity contribution in [1.29, 1.82) is 0 Å². The molecule has 0 amide bonds. The van der Waals surface area contributed by atoms with Gasteiger partial charge >= 0.3 is 0 Å². The average molecular weight is 262 g/mol. The van der Waals surface area contributed by atoms with Crippen molar-refractivity contribution < 1.29 is 0 Å². The van der Waals surface area contributed by atoms with Gasteiger partial charge in [-0.1, -0.05) is 23.7 Å². The topological polar surface area (TPSA) is 50.9 Å². The van der Waals surface area contributed by atoms with Crippen LogP contribution in [0.15, 0.2) is 42.6 Å². The smallest absolute Gasteiger partial charge is 0.0798 e. The summed E-state index contributed by atoms with van der Waals surface area (Å²) in [5.41, 5.74) is 8.90. The molecule has 0 fully saturated rings. The number of halogens is 1. The number of benzene rings is 1. The highest BCUT2D eigenvalue weighted by molar-refractivity contribution is 6.30. The van der Waals surface area contributed by atoms with Crippen LogP contribution >= 0.6 is 11.6 Å². The third-order valence-corrected chi connectivity index (χ3v) is 2.92. The highest BCUT2D eigenvalue weighted by Gasteiger charge is 2.07. The second-order valence-corrected chi connectivity index (χ2v) is 4.64. The predicted molar refractivity (Wildman–Crippen MR) is 75.6 cm³/mol. The van der Waals surface area contributed by atoms with Crippen molar-refractivity contribution in [3.63, 3.8) is 0 Å². The highest BCUT2D eigenvalue weighted by Crippen LogP contribution is 2.19. The molecule has 0 aliphatic rings. The molecule has 1 heterocycles. The van der Waals surface area contributed by atoms with E-state index in [1.165, 1.54) is 5.56 Å². The summed E-state index contributed by atoms with van der Waals surface area (Å²) in [5.74, 6) is 0. The van der Waals surface area contributed by atoms with Crippen LogP contribution in [0.1, 0.15) is 24.2 Å². The SMILES string of the molecule is CC(N)c1ncccc1NCc1ccc(Cl)cc1. The summed E-state index contributed by atoms with van der Waals surface area (Å²) in [6.07, 6.45) is 1.76. The first-order chi connectivity index (χ1) is 8.66. The third-order valence-electron chi connectivity index (χ3n) is 2.67. The summed E-state index contributed by atoms with van der Waals surface area (Å²) in [5, 5.41) is 4.09. The highest BCUT2D eigenvalue weighted by atomic mass is 35.5. The van der Waals surface area contributed by atoms with Crippen molar-refractivity contribution in [3.8, 4) is 0 Å². The average Bonchev–Trinajstić information content (AvgIpc) is 2.38. The second kappa shape index (κ2) is 5.85. The maximum absolute atomic E-state index is 5.88. The molecule has 0 bridgehead atoms. The minimum Gasteiger partial charge on any atom is -0.379 e. The van der Waals surface area contributed by atoms with E-state index in [-0.39, 0.29) is 6.04 Å². The van der Waals surface area contributed by atoms with Gasteiger partial charge in [0.15, 0.2) is 0 Å². The van der Waals surface area contributed by atoms with Crippen LogP contribution < -0.4 is 11.1 Å². The molecule has 3 nitrogen and oxygen atoms in total. The van der Waals surface area contributed by atoms with E-state index in [1.54, 1.807) is 6.20 Å². The minimum atomic E-state index is -0.0843. The van der Waals surface area contributed by atoms with Crippen LogP contribution in [0.25, 0.3) is 0 Å². The van der Waals surface area contributed by atoms with Crippen molar-refractivity contribution in [2.24, 2.45) is 5.73 Å². The number of pyridine rings is 1. The minimum absolute atomic E-state index is 0.0843. The molecule has 0 spiro atoms. The lowest BCUT2D eigenvalue weighted by Gasteiger charge is -2.13. The maximum Gasteiger partial charge on any atom is 0.0798 e. The Labute approximate surface area is 112 Å². The Kier molecular flexibility index (Phi) is 4.18. The van der Waals surface area contributed by atoms with E-state index in [0.29, 0.717) is 0 Å². The van der Waals surface area contributed by atoms with Gasteiger partial charge < -0.3 is 11.1 Å². The Morgan fingerprint density at radius 3 is 2.67 bits per heavy atom. The van der Waals surface area contributed by atoms with Crippen LogP contribution in [-0.4, -0.2) is 4.98 Å². The largest absolute Gasteiger partial charge is 0.379 e. The summed E-state index contributed by atoms with van der Waals surface area (Å²) in [7, 11) is 0. The first-order valence-electron chi connectivity index (χ1n) is 5.85. The van der Waals surface area contributed by atoms with Gasteiger partial charge in [-0.15, -0.1) is 0 Å². The lowest BCUT2D eigenvalue weighted by molar-refractivity contribution is 0.781. The molecular weight excluding hydrogens is 246 g/mol. The van der Waals surface area contributed by atoms with Gasteiger partial charge in [-0.25, -0.2) is 0 Å². The molecular formula is C14H16ClN3. The standard InChI is InChI=1S/C14H16ClN3/c1-10(16)14-13(3-2-8-17-14)18-9-11-4-6-12(15)7-5-11/h2-8,10,18H,9,16H2,1H3. The molecule has 94 valence electrons. The van der Waals surface area contributed by atoms with Crippen LogP contribution in [0.2, 0.25) is 5.02 Å². The van der Waals surface area contributed by atoms with Gasteiger partial charge in [-0.2, -0.15) is 0 Å². The molecule has 3 N–H and O–H groups in total. The van der Waals surface area contributed by atoms with Crippen LogP contribution in [-0.2, 0) is 6.54 Å². The van der Waals surface area contributed by atoms with Gasteiger partial charge in [0, 0.05) is 23.8 Å². The van der Waals surface area contributed by atoms with Gasteiger partial charge in [-0.3, -0.25) is 4.98 Å². The van der Waals surface area contributed by atoms with E-state index in [1.807, 2.05) is 43.3 Å². The number of nitrogens with two attached hydrogens (primary N) is 1. The first kappa shape index (κ1) is 12.9. The second-order valence-electron chi connectivity index (χ2n) is 4.20. The Morgan fingerprint density at radius 2 is 2.00 bits per heavy atom. The van der Waals surface area contributed by atoms with Crippen LogP contribution in [0.4, 0.5) is 5.69 Å². The Bertz CT molecular complexity index is 509. The van der Waals surface area contributed by atoms with E-state index in [4.69, 9.17) is 17.3 Å². The Morgan fingerprint density at radius 1 is 1.28 bits per heavy atom. The molecule has 1 aromatic heterocycles. The fourth-order valence-corrected chi connectivity index (χ4v) is 1.86. The number of rotatable bonds is 4. The molecule has 0 saturated carbocycles. The van der Waals surface area contributed by atoms with E-state index >= 15 is 0 Å². The summed E-state index contributed by atoms with van der Waals surface area (Å²) in [4.78, 5) is 4.30. The van der Waals surface area contributed by atoms with Gasteiger partial charge in [0.1, 0.15) is 0 Å². The fourth-order valence-electron chi connectivity index (χ4n) is 1.73. The summed E-state index contributed by atoms with van der Waals surface area (Å²) < 4.78 is 0. The van der Waals surface area contributed by atoms with Crippen molar-refractivity contribution in [3.05, 3.63) is 58.9 Å². The normalized spacial score (nSPS) is 12.2. The monoisotopic (exact) mass is 261 g/mol. The van der Waals surface area contributed by atoms with Crippen molar-refractivity contribution in [2.45, 2.75) is 19.5 Å². The lowest BCUT2D eigenvalue weighted by atomic mass is 10.1.